The van der Waals surface area contributed by atoms with Gasteiger partial charge in [0, 0.05) is 23.0 Å². The molecule has 1 fully saturated rings. The maximum Gasteiger partial charge on any atom is 0.0441 e. The Hall–Kier alpha value is -0.530. The van der Waals surface area contributed by atoms with Crippen molar-refractivity contribution in [2.75, 3.05) is 6.54 Å². The maximum atomic E-state index is 6.37. The van der Waals surface area contributed by atoms with Crippen LogP contribution in [0.25, 0.3) is 0 Å². The van der Waals surface area contributed by atoms with Crippen molar-refractivity contribution in [1.29, 1.82) is 0 Å². The lowest BCUT2D eigenvalue weighted by Gasteiger charge is -2.36. The van der Waals surface area contributed by atoms with Crippen molar-refractivity contribution >= 4 is 11.6 Å². The molecule has 0 heterocycles. The second kappa shape index (κ2) is 5.63. The SMILES string of the molecule is CC(C)(C)NCC(c1ccccc1Cl)C1CCC1. The van der Waals surface area contributed by atoms with E-state index < -0.39 is 0 Å². The Morgan fingerprint density at radius 2 is 1.94 bits per heavy atom. The van der Waals surface area contributed by atoms with Gasteiger partial charge in [-0.3, -0.25) is 0 Å². The van der Waals surface area contributed by atoms with Crippen LogP contribution < -0.4 is 5.32 Å². The van der Waals surface area contributed by atoms with Gasteiger partial charge >= 0.3 is 0 Å². The van der Waals surface area contributed by atoms with Crippen LogP contribution in [0.5, 0.6) is 0 Å². The molecule has 1 N–H and O–H groups in total. The van der Waals surface area contributed by atoms with E-state index in [1.54, 1.807) is 0 Å². The highest BCUT2D eigenvalue weighted by molar-refractivity contribution is 6.31. The topological polar surface area (TPSA) is 12.0 Å². The normalized spacial score (nSPS) is 18.4. The van der Waals surface area contributed by atoms with Gasteiger partial charge in [0.1, 0.15) is 0 Å². The summed E-state index contributed by atoms with van der Waals surface area (Å²) in [7, 11) is 0. The molecule has 2 rings (SSSR count). The van der Waals surface area contributed by atoms with Crippen molar-refractivity contribution in [2.24, 2.45) is 5.92 Å². The van der Waals surface area contributed by atoms with E-state index in [1.807, 2.05) is 12.1 Å². The molecule has 0 spiro atoms. The molecule has 0 amide bonds. The Balaban J connectivity index is 2.12. The molecule has 0 aliphatic heterocycles. The van der Waals surface area contributed by atoms with Gasteiger partial charge in [-0.25, -0.2) is 0 Å². The van der Waals surface area contributed by atoms with Crippen LogP contribution in [0, 0.1) is 5.92 Å². The lowest BCUT2D eigenvalue weighted by atomic mass is 9.73. The Kier molecular flexibility index (Phi) is 4.34. The number of hydrogen-bond acceptors (Lipinski definition) is 1. The van der Waals surface area contributed by atoms with E-state index in [0.29, 0.717) is 5.92 Å². The van der Waals surface area contributed by atoms with Gasteiger partial charge in [0.05, 0.1) is 0 Å². The molecular weight excluding hydrogens is 242 g/mol. The summed E-state index contributed by atoms with van der Waals surface area (Å²) in [5, 5.41) is 4.56. The first kappa shape index (κ1) is 13.9. The van der Waals surface area contributed by atoms with Crippen LogP contribution in [0.3, 0.4) is 0 Å². The Labute approximate surface area is 116 Å². The van der Waals surface area contributed by atoms with E-state index in [-0.39, 0.29) is 5.54 Å². The van der Waals surface area contributed by atoms with Crippen molar-refractivity contribution in [2.45, 2.75) is 51.5 Å². The minimum absolute atomic E-state index is 0.170. The molecule has 1 aliphatic rings. The van der Waals surface area contributed by atoms with Crippen LogP contribution in [0.1, 0.15) is 51.5 Å². The summed E-state index contributed by atoms with van der Waals surface area (Å²) >= 11 is 6.37. The third-order valence-electron chi connectivity index (χ3n) is 3.88. The number of nitrogens with one attached hydrogen (secondary N) is 1. The molecule has 1 saturated carbocycles. The predicted molar refractivity (Wildman–Crippen MR) is 79.3 cm³/mol. The second-order valence-electron chi connectivity index (χ2n) is 6.45. The van der Waals surface area contributed by atoms with Crippen molar-refractivity contribution in [1.82, 2.24) is 5.32 Å². The molecule has 1 unspecified atom stereocenters. The fourth-order valence-corrected chi connectivity index (χ4v) is 2.84. The van der Waals surface area contributed by atoms with E-state index in [9.17, 15) is 0 Å². The van der Waals surface area contributed by atoms with Crippen molar-refractivity contribution in [3.05, 3.63) is 34.9 Å². The molecule has 0 saturated heterocycles. The van der Waals surface area contributed by atoms with Crippen molar-refractivity contribution < 1.29 is 0 Å². The minimum Gasteiger partial charge on any atom is -0.311 e. The highest BCUT2D eigenvalue weighted by Crippen LogP contribution is 2.41. The smallest absolute Gasteiger partial charge is 0.0441 e. The highest BCUT2D eigenvalue weighted by Gasteiger charge is 2.30. The van der Waals surface area contributed by atoms with Crippen molar-refractivity contribution in [3.8, 4) is 0 Å². The molecule has 1 atom stereocenters. The first-order chi connectivity index (χ1) is 8.47. The third-order valence-corrected chi connectivity index (χ3v) is 4.22. The largest absolute Gasteiger partial charge is 0.311 e. The lowest BCUT2D eigenvalue weighted by molar-refractivity contribution is 0.242. The van der Waals surface area contributed by atoms with Crippen LogP contribution in [0.2, 0.25) is 5.02 Å². The summed E-state index contributed by atoms with van der Waals surface area (Å²) in [5.41, 5.74) is 1.49. The van der Waals surface area contributed by atoms with Crippen LogP contribution >= 0.6 is 11.6 Å². The maximum absolute atomic E-state index is 6.37. The van der Waals surface area contributed by atoms with Gasteiger partial charge in [0.15, 0.2) is 0 Å². The Morgan fingerprint density at radius 3 is 2.44 bits per heavy atom. The molecule has 1 nitrogen and oxygen atoms in total. The number of halogens is 1. The summed E-state index contributed by atoms with van der Waals surface area (Å²) < 4.78 is 0. The summed E-state index contributed by atoms with van der Waals surface area (Å²) in [6, 6.07) is 8.32. The molecule has 2 heteroatoms. The standard InChI is InChI=1S/C16H24ClN/c1-16(2,3)18-11-14(12-7-6-8-12)13-9-4-5-10-15(13)17/h4-5,9-10,12,14,18H,6-8,11H2,1-3H3. The van der Waals surface area contributed by atoms with E-state index >= 15 is 0 Å². The number of hydrogen-bond donors (Lipinski definition) is 1. The van der Waals surface area contributed by atoms with Gasteiger partial charge in [-0.15, -0.1) is 0 Å². The molecule has 1 aliphatic carbocycles. The Morgan fingerprint density at radius 1 is 1.28 bits per heavy atom. The van der Waals surface area contributed by atoms with Gasteiger partial charge in [0.2, 0.25) is 0 Å². The van der Waals surface area contributed by atoms with Gasteiger partial charge in [-0.1, -0.05) is 36.2 Å². The van der Waals surface area contributed by atoms with Gasteiger partial charge in [0.25, 0.3) is 0 Å². The minimum atomic E-state index is 0.170. The zero-order chi connectivity index (χ0) is 13.2. The lowest BCUT2D eigenvalue weighted by Crippen LogP contribution is -2.41. The van der Waals surface area contributed by atoms with Gasteiger partial charge in [-0.05, 0) is 51.2 Å². The number of rotatable bonds is 4. The van der Waals surface area contributed by atoms with E-state index in [4.69, 9.17) is 11.6 Å². The number of benzene rings is 1. The fourth-order valence-electron chi connectivity index (χ4n) is 2.56. The molecule has 18 heavy (non-hydrogen) atoms. The van der Waals surface area contributed by atoms with E-state index in [0.717, 1.165) is 17.5 Å². The summed E-state index contributed by atoms with van der Waals surface area (Å²) in [5.74, 6) is 1.37. The van der Waals surface area contributed by atoms with Gasteiger partial charge in [-0.2, -0.15) is 0 Å². The summed E-state index contributed by atoms with van der Waals surface area (Å²) in [4.78, 5) is 0. The third kappa shape index (κ3) is 3.49. The summed E-state index contributed by atoms with van der Waals surface area (Å²) in [6.07, 6.45) is 4.07. The van der Waals surface area contributed by atoms with Crippen LogP contribution in [0.4, 0.5) is 0 Å². The zero-order valence-electron chi connectivity index (χ0n) is 11.7. The highest BCUT2D eigenvalue weighted by atomic mass is 35.5. The average molecular weight is 266 g/mol. The predicted octanol–water partition coefficient (Wildman–Crippen LogP) is 4.61. The molecule has 1 aromatic rings. The van der Waals surface area contributed by atoms with Gasteiger partial charge < -0.3 is 5.32 Å². The average Bonchev–Trinajstić information content (AvgIpc) is 2.21. The second-order valence-corrected chi connectivity index (χ2v) is 6.86. The molecular formula is C16H24ClN. The van der Waals surface area contributed by atoms with Crippen LogP contribution in [-0.4, -0.2) is 12.1 Å². The molecule has 1 aromatic carbocycles. The van der Waals surface area contributed by atoms with E-state index in [2.05, 4.69) is 38.2 Å². The van der Waals surface area contributed by atoms with Crippen LogP contribution in [-0.2, 0) is 0 Å². The Bertz CT molecular complexity index is 390. The first-order valence-corrected chi connectivity index (χ1v) is 7.34. The quantitative estimate of drug-likeness (QED) is 0.838. The van der Waals surface area contributed by atoms with Crippen molar-refractivity contribution in [3.63, 3.8) is 0 Å². The zero-order valence-corrected chi connectivity index (χ0v) is 12.4. The fraction of sp³-hybridized carbons (Fsp3) is 0.625. The molecule has 0 aromatic heterocycles. The first-order valence-electron chi connectivity index (χ1n) is 6.97. The molecule has 0 radical (unpaired) electrons. The van der Waals surface area contributed by atoms with E-state index in [1.165, 1.54) is 24.8 Å². The monoisotopic (exact) mass is 265 g/mol. The molecule has 0 bridgehead atoms. The molecule has 100 valence electrons. The summed E-state index contributed by atoms with van der Waals surface area (Å²) in [6.45, 7) is 7.68. The van der Waals surface area contributed by atoms with Crippen LogP contribution in [0.15, 0.2) is 24.3 Å².